The van der Waals surface area contributed by atoms with Gasteiger partial charge < -0.3 is 20.7 Å². The minimum absolute atomic E-state index is 0.0326. The standard InChI is InChI=1S/C23H34F3N3O3/c1-15-11-17(13-18(12-15)23(24,25)26)20(30)29-14-16-5-7-19(8-6-16)27-9-10-28-21(31)32-22(2,3)4/h11-13,16,19,27H,5-10,14H2,1-4H3,(H,28,31)(H,29,30)/t16-,19+. The predicted molar refractivity (Wildman–Crippen MR) is 116 cm³/mol. The Labute approximate surface area is 187 Å². The Morgan fingerprint density at radius 2 is 1.66 bits per heavy atom. The van der Waals surface area contributed by atoms with Gasteiger partial charge in [-0.2, -0.15) is 13.2 Å². The van der Waals surface area contributed by atoms with Gasteiger partial charge in [0.2, 0.25) is 0 Å². The second-order valence-electron chi connectivity index (χ2n) is 9.40. The van der Waals surface area contributed by atoms with Gasteiger partial charge >= 0.3 is 12.3 Å². The number of hydrogen-bond donors (Lipinski definition) is 3. The van der Waals surface area contributed by atoms with Crippen LogP contribution in [0, 0.1) is 12.8 Å². The largest absolute Gasteiger partial charge is 0.444 e. The summed E-state index contributed by atoms with van der Waals surface area (Å²) >= 11 is 0. The number of halogens is 3. The maximum atomic E-state index is 13.0. The summed E-state index contributed by atoms with van der Waals surface area (Å²) in [5.41, 5.74) is -0.899. The van der Waals surface area contributed by atoms with Gasteiger partial charge in [0, 0.05) is 31.2 Å². The van der Waals surface area contributed by atoms with Crippen LogP contribution in [0.3, 0.4) is 0 Å². The molecule has 0 atom stereocenters. The maximum absolute atomic E-state index is 13.0. The molecule has 0 aliphatic heterocycles. The number of nitrogens with one attached hydrogen (secondary N) is 3. The smallest absolute Gasteiger partial charge is 0.416 e. The number of alkyl halides is 3. The first-order valence-corrected chi connectivity index (χ1v) is 11.0. The number of aryl methyl sites for hydroxylation is 1. The highest BCUT2D eigenvalue weighted by Crippen LogP contribution is 2.30. The van der Waals surface area contributed by atoms with E-state index in [4.69, 9.17) is 4.74 Å². The van der Waals surface area contributed by atoms with Crippen LogP contribution in [0.2, 0.25) is 0 Å². The molecule has 1 aromatic carbocycles. The molecule has 1 saturated carbocycles. The summed E-state index contributed by atoms with van der Waals surface area (Å²) in [7, 11) is 0. The molecule has 1 aliphatic carbocycles. The van der Waals surface area contributed by atoms with Gasteiger partial charge in [0.15, 0.2) is 0 Å². The number of ether oxygens (including phenoxy) is 1. The lowest BCUT2D eigenvalue weighted by atomic mass is 9.86. The monoisotopic (exact) mass is 457 g/mol. The Hall–Kier alpha value is -2.29. The number of carbonyl (C=O) groups is 2. The lowest BCUT2D eigenvalue weighted by Gasteiger charge is -2.29. The van der Waals surface area contributed by atoms with Crippen molar-refractivity contribution in [1.82, 2.24) is 16.0 Å². The third-order valence-corrected chi connectivity index (χ3v) is 5.29. The van der Waals surface area contributed by atoms with E-state index < -0.39 is 29.3 Å². The molecule has 1 aromatic rings. The highest BCUT2D eigenvalue weighted by Gasteiger charge is 2.31. The Morgan fingerprint density at radius 3 is 2.25 bits per heavy atom. The molecule has 180 valence electrons. The molecular weight excluding hydrogens is 423 g/mol. The zero-order chi connectivity index (χ0) is 23.9. The number of alkyl carbamates (subject to hydrolysis) is 1. The van der Waals surface area contributed by atoms with Gasteiger partial charge in [-0.15, -0.1) is 0 Å². The summed E-state index contributed by atoms with van der Waals surface area (Å²) in [5.74, 6) is -0.184. The molecule has 2 rings (SSSR count). The first kappa shape index (κ1) is 26.0. The van der Waals surface area contributed by atoms with Crippen molar-refractivity contribution in [2.45, 2.75) is 71.2 Å². The molecule has 0 unspecified atom stereocenters. The van der Waals surface area contributed by atoms with Gasteiger partial charge in [0.05, 0.1) is 5.56 Å². The van der Waals surface area contributed by atoms with Crippen LogP contribution in [0.4, 0.5) is 18.0 Å². The van der Waals surface area contributed by atoms with Crippen molar-refractivity contribution in [3.05, 3.63) is 34.9 Å². The van der Waals surface area contributed by atoms with E-state index in [-0.39, 0.29) is 5.56 Å². The molecule has 9 heteroatoms. The van der Waals surface area contributed by atoms with Crippen LogP contribution in [0.15, 0.2) is 18.2 Å². The van der Waals surface area contributed by atoms with Gasteiger partial charge in [-0.25, -0.2) is 4.79 Å². The summed E-state index contributed by atoms with van der Waals surface area (Å²) in [4.78, 5) is 24.0. The Kier molecular flexibility index (Phi) is 8.95. The SMILES string of the molecule is Cc1cc(C(=O)NC[C@H]2CC[C@@H](NCCNC(=O)OC(C)(C)C)CC2)cc(C(F)(F)F)c1. The highest BCUT2D eigenvalue weighted by molar-refractivity contribution is 5.94. The number of amides is 2. The molecule has 1 aliphatic rings. The van der Waals surface area contributed by atoms with Crippen LogP contribution in [0.25, 0.3) is 0 Å². The molecule has 3 N–H and O–H groups in total. The zero-order valence-corrected chi connectivity index (χ0v) is 19.2. The fraction of sp³-hybridized carbons (Fsp3) is 0.652. The van der Waals surface area contributed by atoms with Gasteiger partial charge in [-0.3, -0.25) is 4.79 Å². The average molecular weight is 458 g/mol. The second-order valence-corrected chi connectivity index (χ2v) is 9.40. The molecule has 0 spiro atoms. The third-order valence-electron chi connectivity index (χ3n) is 5.29. The quantitative estimate of drug-likeness (QED) is 0.530. The molecular formula is C23H34F3N3O3. The molecule has 0 radical (unpaired) electrons. The first-order valence-electron chi connectivity index (χ1n) is 11.0. The molecule has 1 fully saturated rings. The molecule has 0 bridgehead atoms. The summed E-state index contributed by atoms with van der Waals surface area (Å²) < 4.78 is 44.1. The summed E-state index contributed by atoms with van der Waals surface area (Å²) in [6, 6.07) is 3.74. The van der Waals surface area contributed by atoms with Crippen LogP contribution < -0.4 is 16.0 Å². The van der Waals surface area contributed by atoms with Crippen LogP contribution in [-0.2, 0) is 10.9 Å². The van der Waals surface area contributed by atoms with Crippen molar-refractivity contribution < 1.29 is 27.5 Å². The van der Waals surface area contributed by atoms with E-state index in [2.05, 4.69) is 16.0 Å². The Balaban J connectivity index is 1.68. The fourth-order valence-corrected chi connectivity index (χ4v) is 3.74. The van der Waals surface area contributed by atoms with E-state index in [1.165, 1.54) is 6.07 Å². The minimum atomic E-state index is -4.48. The Bertz CT molecular complexity index is 783. The molecule has 32 heavy (non-hydrogen) atoms. The fourth-order valence-electron chi connectivity index (χ4n) is 3.74. The van der Waals surface area contributed by atoms with Crippen molar-refractivity contribution in [1.29, 1.82) is 0 Å². The van der Waals surface area contributed by atoms with E-state index in [9.17, 15) is 22.8 Å². The lowest BCUT2D eigenvalue weighted by molar-refractivity contribution is -0.137. The highest BCUT2D eigenvalue weighted by atomic mass is 19.4. The van der Waals surface area contributed by atoms with Crippen LogP contribution in [-0.4, -0.2) is 43.3 Å². The van der Waals surface area contributed by atoms with E-state index in [1.807, 2.05) is 20.8 Å². The number of hydrogen-bond acceptors (Lipinski definition) is 4. The van der Waals surface area contributed by atoms with Gasteiger partial charge in [-0.1, -0.05) is 0 Å². The maximum Gasteiger partial charge on any atom is 0.416 e. The van der Waals surface area contributed by atoms with E-state index >= 15 is 0 Å². The zero-order valence-electron chi connectivity index (χ0n) is 19.2. The van der Waals surface area contributed by atoms with E-state index in [0.717, 1.165) is 37.8 Å². The van der Waals surface area contributed by atoms with Gasteiger partial charge in [0.1, 0.15) is 5.60 Å². The Morgan fingerprint density at radius 1 is 1.00 bits per heavy atom. The minimum Gasteiger partial charge on any atom is -0.444 e. The predicted octanol–water partition coefficient (Wildman–Crippen LogP) is 4.42. The molecule has 2 amide bonds. The third kappa shape index (κ3) is 9.06. The number of rotatable bonds is 7. The van der Waals surface area contributed by atoms with Crippen molar-refractivity contribution in [2.75, 3.05) is 19.6 Å². The molecule has 6 nitrogen and oxygen atoms in total. The van der Waals surface area contributed by atoms with E-state index in [1.54, 1.807) is 6.92 Å². The lowest BCUT2D eigenvalue weighted by Crippen LogP contribution is -2.41. The summed E-state index contributed by atoms with van der Waals surface area (Å²) in [6.07, 6.45) is -1.20. The van der Waals surface area contributed by atoms with Crippen molar-refractivity contribution in [2.24, 2.45) is 5.92 Å². The second kappa shape index (κ2) is 11.0. The van der Waals surface area contributed by atoms with Crippen molar-refractivity contribution in [3.8, 4) is 0 Å². The van der Waals surface area contributed by atoms with Crippen LogP contribution >= 0.6 is 0 Å². The number of benzene rings is 1. The van der Waals surface area contributed by atoms with Crippen molar-refractivity contribution in [3.63, 3.8) is 0 Å². The molecule has 0 aromatic heterocycles. The number of carbonyl (C=O) groups excluding carboxylic acids is 2. The van der Waals surface area contributed by atoms with Crippen molar-refractivity contribution >= 4 is 12.0 Å². The average Bonchev–Trinajstić information content (AvgIpc) is 2.68. The van der Waals surface area contributed by atoms with Crippen LogP contribution in [0.1, 0.15) is 67.9 Å². The van der Waals surface area contributed by atoms with Gasteiger partial charge in [-0.05, 0) is 83.1 Å². The topological polar surface area (TPSA) is 79.5 Å². The molecule has 0 heterocycles. The normalized spacial score (nSPS) is 19.3. The van der Waals surface area contributed by atoms with Gasteiger partial charge in [0.25, 0.3) is 5.91 Å². The van der Waals surface area contributed by atoms with E-state index in [0.29, 0.717) is 37.2 Å². The summed E-state index contributed by atoms with van der Waals surface area (Å²) in [6.45, 7) is 8.54. The van der Waals surface area contributed by atoms with Crippen LogP contribution in [0.5, 0.6) is 0 Å². The summed E-state index contributed by atoms with van der Waals surface area (Å²) in [5, 5.41) is 8.91. The molecule has 0 saturated heterocycles. The first-order chi connectivity index (χ1) is 14.8.